The lowest BCUT2D eigenvalue weighted by Gasteiger charge is -2.38. The quantitative estimate of drug-likeness (QED) is 0.565. The number of nitrogen functional groups attached to an aromatic ring is 1. The SMILES string of the molecule is CO[C@](CF)(COC(=O)C(C)C)[C@@H](OC(=O)C(C)C)[C@@H](F)n1ccc(N)nc1=O. The maximum atomic E-state index is 15.4. The first kappa shape index (κ1) is 24.5. The third-order valence-corrected chi connectivity index (χ3v) is 4.16. The van der Waals surface area contributed by atoms with E-state index in [1.807, 2.05) is 0 Å². The Labute approximate surface area is 167 Å². The minimum absolute atomic E-state index is 0.150. The van der Waals surface area contributed by atoms with Crippen molar-refractivity contribution in [3.05, 3.63) is 22.7 Å². The van der Waals surface area contributed by atoms with Crippen LogP contribution >= 0.6 is 0 Å². The first-order chi connectivity index (χ1) is 13.5. The summed E-state index contributed by atoms with van der Waals surface area (Å²) in [5.41, 5.74) is 2.12. The monoisotopic (exact) mass is 419 g/mol. The fraction of sp³-hybridized carbons (Fsp3) is 0.667. The molecule has 0 amide bonds. The van der Waals surface area contributed by atoms with Crippen molar-refractivity contribution in [2.24, 2.45) is 11.8 Å². The molecule has 0 spiro atoms. The van der Waals surface area contributed by atoms with Gasteiger partial charge < -0.3 is 19.9 Å². The predicted octanol–water partition coefficient (Wildman–Crippen LogP) is 1.42. The highest BCUT2D eigenvalue weighted by Crippen LogP contribution is 2.31. The molecule has 9 nitrogen and oxygen atoms in total. The summed E-state index contributed by atoms with van der Waals surface area (Å²) in [4.78, 5) is 39.4. The fourth-order valence-corrected chi connectivity index (χ4v) is 2.22. The van der Waals surface area contributed by atoms with E-state index in [9.17, 15) is 18.8 Å². The third-order valence-electron chi connectivity index (χ3n) is 4.16. The summed E-state index contributed by atoms with van der Waals surface area (Å²) in [6, 6.07) is 1.15. The van der Waals surface area contributed by atoms with Crippen LogP contribution in [0.2, 0.25) is 0 Å². The van der Waals surface area contributed by atoms with E-state index in [0.29, 0.717) is 4.57 Å². The maximum Gasteiger partial charge on any atom is 0.351 e. The Bertz CT molecular complexity index is 764. The molecule has 0 unspecified atom stereocenters. The second kappa shape index (κ2) is 10.3. The van der Waals surface area contributed by atoms with Crippen LogP contribution < -0.4 is 11.4 Å². The molecular formula is C18H27F2N3O6. The van der Waals surface area contributed by atoms with Crippen molar-refractivity contribution in [2.75, 3.05) is 26.1 Å². The molecule has 1 aromatic heterocycles. The van der Waals surface area contributed by atoms with Crippen LogP contribution in [0.3, 0.4) is 0 Å². The number of ether oxygens (including phenoxy) is 3. The van der Waals surface area contributed by atoms with E-state index in [4.69, 9.17) is 19.9 Å². The number of aromatic nitrogens is 2. The zero-order valence-corrected chi connectivity index (χ0v) is 17.1. The number of methoxy groups -OCH3 is 1. The first-order valence-electron chi connectivity index (χ1n) is 8.96. The number of alkyl halides is 2. The third kappa shape index (κ3) is 5.96. The lowest BCUT2D eigenvalue weighted by atomic mass is 9.97. The topological polar surface area (TPSA) is 123 Å². The number of nitrogens with two attached hydrogens (primary N) is 1. The summed E-state index contributed by atoms with van der Waals surface area (Å²) >= 11 is 0. The van der Waals surface area contributed by atoms with Crippen molar-refractivity contribution in [3.8, 4) is 0 Å². The number of halogens is 2. The van der Waals surface area contributed by atoms with Crippen LogP contribution in [0.25, 0.3) is 0 Å². The molecule has 0 bridgehead atoms. The number of nitrogens with zero attached hydrogens (tertiary/aromatic N) is 2. The van der Waals surface area contributed by atoms with Gasteiger partial charge in [0.25, 0.3) is 0 Å². The number of esters is 2. The van der Waals surface area contributed by atoms with Gasteiger partial charge in [-0.3, -0.25) is 14.2 Å². The van der Waals surface area contributed by atoms with Crippen molar-refractivity contribution >= 4 is 17.8 Å². The summed E-state index contributed by atoms with van der Waals surface area (Å²) in [6.07, 6.45) is -3.37. The smallest absolute Gasteiger partial charge is 0.351 e. The summed E-state index contributed by atoms with van der Waals surface area (Å²) in [5, 5.41) is 0. The Morgan fingerprint density at radius 2 is 1.83 bits per heavy atom. The molecule has 0 radical (unpaired) electrons. The summed E-state index contributed by atoms with van der Waals surface area (Å²) in [7, 11) is 1.05. The molecule has 1 rings (SSSR count). The number of rotatable bonds is 10. The average molecular weight is 419 g/mol. The van der Waals surface area contributed by atoms with Gasteiger partial charge in [0.1, 0.15) is 19.1 Å². The van der Waals surface area contributed by atoms with Crippen LogP contribution in [-0.2, 0) is 23.8 Å². The average Bonchev–Trinajstić information content (AvgIpc) is 2.66. The Morgan fingerprint density at radius 1 is 1.24 bits per heavy atom. The molecule has 1 aromatic rings. The second-order valence-corrected chi connectivity index (χ2v) is 7.09. The highest BCUT2D eigenvalue weighted by Gasteiger charge is 2.50. The molecule has 164 valence electrons. The minimum atomic E-state index is -2.40. The number of hydrogen-bond donors (Lipinski definition) is 1. The van der Waals surface area contributed by atoms with E-state index in [-0.39, 0.29) is 5.82 Å². The molecule has 11 heteroatoms. The van der Waals surface area contributed by atoms with Gasteiger partial charge in [0.05, 0.1) is 11.8 Å². The molecule has 0 aliphatic heterocycles. The lowest BCUT2D eigenvalue weighted by Crippen LogP contribution is -2.56. The van der Waals surface area contributed by atoms with Crippen molar-refractivity contribution in [1.29, 1.82) is 0 Å². The van der Waals surface area contributed by atoms with Crippen LogP contribution in [0.5, 0.6) is 0 Å². The number of carbonyl (C=O) groups is 2. The zero-order chi connectivity index (χ0) is 22.4. The molecule has 2 N–H and O–H groups in total. The van der Waals surface area contributed by atoms with E-state index >= 15 is 4.39 Å². The van der Waals surface area contributed by atoms with Crippen molar-refractivity contribution < 1.29 is 32.6 Å². The van der Waals surface area contributed by atoms with Crippen molar-refractivity contribution in [2.45, 2.75) is 45.7 Å². The zero-order valence-electron chi connectivity index (χ0n) is 17.1. The van der Waals surface area contributed by atoms with Crippen LogP contribution in [0.4, 0.5) is 14.6 Å². The normalized spacial score (nSPS) is 15.6. The van der Waals surface area contributed by atoms with Crippen molar-refractivity contribution in [3.63, 3.8) is 0 Å². The molecule has 0 fully saturated rings. The number of carbonyl (C=O) groups excluding carboxylic acids is 2. The van der Waals surface area contributed by atoms with Gasteiger partial charge in [-0.05, 0) is 6.07 Å². The molecule has 0 saturated heterocycles. The predicted molar refractivity (Wildman–Crippen MR) is 99.3 cm³/mol. The molecule has 0 aliphatic rings. The largest absolute Gasteiger partial charge is 0.462 e. The van der Waals surface area contributed by atoms with E-state index in [1.165, 1.54) is 13.8 Å². The second-order valence-electron chi connectivity index (χ2n) is 7.09. The highest BCUT2D eigenvalue weighted by molar-refractivity contribution is 5.72. The first-order valence-corrected chi connectivity index (χ1v) is 8.96. The van der Waals surface area contributed by atoms with Crippen molar-refractivity contribution in [1.82, 2.24) is 9.55 Å². The fourth-order valence-electron chi connectivity index (χ4n) is 2.22. The van der Waals surface area contributed by atoms with Gasteiger partial charge >= 0.3 is 17.6 Å². The maximum absolute atomic E-state index is 15.4. The molecule has 0 aromatic carbocycles. The van der Waals surface area contributed by atoms with Crippen LogP contribution in [0.15, 0.2) is 17.1 Å². The van der Waals surface area contributed by atoms with E-state index in [1.54, 1.807) is 13.8 Å². The van der Waals surface area contributed by atoms with Crippen LogP contribution in [0.1, 0.15) is 34.0 Å². The van der Waals surface area contributed by atoms with Gasteiger partial charge in [-0.1, -0.05) is 27.7 Å². The van der Waals surface area contributed by atoms with Crippen LogP contribution in [0, 0.1) is 11.8 Å². The Kier molecular flexibility index (Phi) is 8.68. The summed E-state index contributed by atoms with van der Waals surface area (Å²) in [5.74, 6) is -2.91. The van der Waals surface area contributed by atoms with Gasteiger partial charge in [0, 0.05) is 13.3 Å². The standard InChI is InChI=1S/C18H27F2N3O6/c1-10(2)15(24)28-9-18(8-19,27-5)13(29-16(25)11(3)4)14(20)23-7-6-12(21)22-17(23)26/h6-7,10-11,13-14H,8-9H2,1-5H3,(H2,21,22,26)/t13-,14-,18+/m0/s1. The van der Waals surface area contributed by atoms with E-state index < -0.39 is 60.7 Å². The molecule has 3 atom stereocenters. The summed E-state index contributed by atoms with van der Waals surface area (Å²) in [6.45, 7) is 3.98. The van der Waals surface area contributed by atoms with E-state index in [0.717, 1.165) is 19.4 Å². The Morgan fingerprint density at radius 3 is 2.28 bits per heavy atom. The van der Waals surface area contributed by atoms with Gasteiger partial charge in [0.2, 0.25) is 6.30 Å². The highest BCUT2D eigenvalue weighted by atomic mass is 19.1. The minimum Gasteiger partial charge on any atom is -0.462 e. The molecule has 0 aliphatic carbocycles. The van der Waals surface area contributed by atoms with Gasteiger partial charge in [-0.25, -0.2) is 13.6 Å². The molecule has 0 saturated carbocycles. The van der Waals surface area contributed by atoms with Crippen LogP contribution in [-0.4, -0.2) is 53.6 Å². The number of anilines is 1. The lowest BCUT2D eigenvalue weighted by molar-refractivity contribution is -0.209. The van der Waals surface area contributed by atoms with E-state index in [2.05, 4.69) is 4.98 Å². The van der Waals surface area contributed by atoms with Gasteiger partial charge in [0.15, 0.2) is 11.7 Å². The Balaban J connectivity index is 3.39. The molecule has 1 heterocycles. The Hall–Kier alpha value is -2.56. The molecular weight excluding hydrogens is 392 g/mol. The number of hydrogen-bond acceptors (Lipinski definition) is 8. The molecule has 29 heavy (non-hydrogen) atoms. The van der Waals surface area contributed by atoms with Gasteiger partial charge in [-0.15, -0.1) is 0 Å². The van der Waals surface area contributed by atoms with Gasteiger partial charge in [-0.2, -0.15) is 4.98 Å². The summed E-state index contributed by atoms with van der Waals surface area (Å²) < 4.78 is 45.3.